The molecule has 0 N–H and O–H groups in total. The first kappa shape index (κ1) is 17.1. The molecule has 2 aromatic rings. The van der Waals surface area contributed by atoms with Crippen LogP contribution in [0.4, 0.5) is 0 Å². The van der Waals surface area contributed by atoms with Crippen molar-refractivity contribution in [1.29, 1.82) is 0 Å². The minimum absolute atomic E-state index is 0.242. The molecule has 1 fully saturated rings. The van der Waals surface area contributed by atoms with Crippen LogP contribution < -0.4 is 0 Å². The third-order valence-electron chi connectivity index (χ3n) is 4.33. The molecular weight excluding hydrogens is 366 g/mol. The second-order valence-electron chi connectivity index (χ2n) is 6.29. The zero-order valence-corrected chi connectivity index (χ0v) is 15.7. The van der Waals surface area contributed by atoms with Gasteiger partial charge >= 0.3 is 0 Å². The van der Waals surface area contributed by atoms with Gasteiger partial charge in [0.05, 0.1) is 5.69 Å². The Labute approximate surface area is 151 Å². The highest BCUT2D eigenvalue weighted by Crippen LogP contribution is 2.32. The maximum absolute atomic E-state index is 12.5. The van der Waals surface area contributed by atoms with Crippen molar-refractivity contribution in [3.63, 3.8) is 0 Å². The number of rotatable bonds is 6. The summed E-state index contributed by atoms with van der Waals surface area (Å²) in [6.07, 6.45) is 3.86. The third kappa shape index (κ3) is 3.83. The van der Waals surface area contributed by atoms with Gasteiger partial charge in [-0.2, -0.15) is 0 Å². The van der Waals surface area contributed by atoms with Gasteiger partial charge in [0.2, 0.25) is 5.91 Å². The Kier molecular flexibility index (Phi) is 5.29. The molecule has 4 nitrogen and oxygen atoms in total. The second-order valence-corrected chi connectivity index (χ2v) is 6.85. The van der Waals surface area contributed by atoms with Crippen LogP contribution in [0.25, 0.3) is 11.4 Å². The first-order valence-corrected chi connectivity index (χ1v) is 9.51. The van der Waals surface area contributed by atoms with Gasteiger partial charge in [-0.15, -0.1) is 0 Å². The van der Waals surface area contributed by atoms with E-state index in [1.807, 2.05) is 17.9 Å². The first-order chi connectivity index (χ1) is 11.6. The molecule has 0 unspecified atom stereocenters. The van der Waals surface area contributed by atoms with Gasteiger partial charge in [-0.25, -0.2) is 9.97 Å². The normalized spacial score (nSPS) is 13.8. The molecule has 1 aromatic carbocycles. The Morgan fingerprint density at radius 3 is 2.79 bits per heavy atom. The molecule has 1 saturated carbocycles. The van der Waals surface area contributed by atoms with E-state index in [0.29, 0.717) is 11.9 Å². The molecule has 0 radical (unpaired) electrons. The maximum Gasteiger partial charge on any atom is 0.225 e. The molecular formula is C19H22BrN3O. The Morgan fingerprint density at radius 2 is 2.12 bits per heavy atom. The molecule has 1 heterocycles. The Hall–Kier alpha value is -1.75. The fourth-order valence-corrected chi connectivity index (χ4v) is 3.12. The average Bonchev–Trinajstić information content (AvgIpc) is 3.44. The quantitative estimate of drug-likeness (QED) is 0.700. The zero-order chi connectivity index (χ0) is 17.1. The molecule has 0 atom stereocenters. The molecule has 1 aliphatic carbocycles. The average molecular weight is 388 g/mol. The predicted octanol–water partition coefficient (Wildman–Crippen LogP) is 4.11. The number of amides is 1. The standard InChI is InChI=1S/C19H22BrN3O/c1-3-23(19(24)14-5-6-14)12-15-10-13(2)4-7-17(15)18-21-9-8-16(11-20)22-18/h4,7-10,14H,3,5-6,11-12H2,1-2H3. The minimum atomic E-state index is 0.242. The molecule has 24 heavy (non-hydrogen) atoms. The van der Waals surface area contributed by atoms with Crippen molar-refractivity contribution in [2.75, 3.05) is 6.54 Å². The number of benzene rings is 1. The van der Waals surface area contributed by atoms with Gasteiger partial charge in [-0.1, -0.05) is 39.7 Å². The molecule has 1 aromatic heterocycles. The van der Waals surface area contributed by atoms with Gasteiger partial charge in [0.1, 0.15) is 0 Å². The van der Waals surface area contributed by atoms with Gasteiger partial charge in [-0.3, -0.25) is 4.79 Å². The van der Waals surface area contributed by atoms with Crippen molar-refractivity contribution in [2.24, 2.45) is 5.92 Å². The van der Waals surface area contributed by atoms with E-state index in [1.54, 1.807) is 6.20 Å². The number of alkyl halides is 1. The van der Waals surface area contributed by atoms with E-state index in [2.05, 4.69) is 51.0 Å². The summed E-state index contributed by atoms with van der Waals surface area (Å²) in [5.41, 5.74) is 4.25. The molecule has 126 valence electrons. The minimum Gasteiger partial charge on any atom is -0.338 e. The summed E-state index contributed by atoms with van der Waals surface area (Å²) in [4.78, 5) is 23.5. The largest absolute Gasteiger partial charge is 0.338 e. The Balaban J connectivity index is 1.94. The van der Waals surface area contributed by atoms with E-state index in [0.717, 1.165) is 42.0 Å². The topological polar surface area (TPSA) is 46.1 Å². The summed E-state index contributed by atoms with van der Waals surface area (Å²) in [7, 11) is 0. The lowest BCUT2D eigenvalue weighted by Gasteiger charge is -2.22. The number of hydrogen-bond donors (Lipinski definition) is 0. The van der Waals surface area contributed by atoms with Crippen molar-refractivity contribution in [2.45, 2.75) is 38.6 Å². The number of halogens is 1. The van der Waals surface area contributed by atoms with Crippen molar-refractivity contribution in [1.82, 2.24) is 14.9 Å². The molecule has 0 bridgehead atoms. The molecule has 1 aliphatic rings. The number of carbonyl (C=O) groups excluding carboxylic acids is 1. The highest BCUT2D eigenvalue weighted by atomic mass is 79.9. The fourth-order valence-electron chi connectivity index (χ4n) is 2.81. The van der Waals surface area contributed by atoms with Gasteiger partial charge in [0.25, 0.3) is 0 Å². The lowest BCUT2D eigenvalue weighted by molar-refractivity contribution is -0.132. The smallest absolute Gasteiger partial charge is 0.225 e. The lowest BCUT2D eigenvalue weighted by atomic mass is 10.0. The summed E-state index contributed by atoms with van der Waals surface area (Å²) < 4.78 is 0. The molecule has 3 rings (SSSR count). The van der Waals surface area contributed by atoms with E-state index in [9.17, 15) is 4.79 Å². The Morgan fingerprint density at radius 1 is 1.33 bits per heavy atom. The molecule has 0 spiro atoms. The van der Waals surface area contributed by atoms with E-state index < -0.39 is 0 Å². The number of carbonyl (C=O) groups is 1. The zero-order valence-electron chi connectivity index (χ0n) is 14.1. The SMILES string of the molecule is CCN(Cc1cc(C)ccc1-c1nccc(CBr)n1)C(=O)C1CC1. The van der Waals surface area contributed by atoms with Crippen LogP contribution in [0.5, 0.6) is 0 Å². The molecule has 1 amide bonds. The van der Waals surface area contributed by atoms with E-state index >= 15 is 0 Å². The van der Waals surface area contributed by atoms with E-state index in [1.165, 1.54) is 5.56 Å². The number of aryl methyl sites for hydroxylation is 1. The molecule has 0 saturated heterocycles. The number of hydrogen-bond acceptors (Lipinski definition) is 3. The van der Waals surface area contributed by atoms with Crippen LogP contribution in [0.2, 0.25) is 0 Å². The first-order valence-electron chi connectivity index (χ1n) is 8.39. The molecule has 5 heteroatoms. The van der Waals surface area contributed by atoms with Crippen LogP contribution in [-0.4, -0.2) is 27.3 Å². The summed E-state index contributed by atoms with van der Waals surface area (Å²) in [6, 6.07) is 8.18. The van der Waals surface area contributed by atoms with Crippen LogP contribution in [0.3, 0.4) is 0 Å². The summed E-state index contributed by atoms with van der Waals surface area (Å²) >= 11 is 3.44. The second kappa shape index (κ2) is 7.43. The summed E-state index contributed by atoms with van der Waals surface area (Å²) in [5, 5.41) is 0.699. The maximum atomic E-state index is 12.5. The monoisotopic (exact) mass is 387 g/mol. The van der Waals surface area contributed by atoms with Crippen molar-refractivity contribution < 1.29 is 4.79 Å². The van der Waals surface area contributed by atoms with Crippen LogP contribution >= 0.6 is 15.9 Å². The van der Waals surface area contributed by atoms with Crippen LogP contribution in [0, 0.1) is 12.8 Å². The van der Waals surface area contributed by atoms with Gasteiger partial charge < -0.3 is 4.90 Å². The number of aromatic nitrogens is 2. The number of nitrogens with zero attached hydrogens (tertiary/aromatic N) is 3. The van der Waals surface area contributed by atoms with Crippen molar-refractivity contribution in [3.8, 4) is 11.4 Å². The highest BCUT2D eigenvalue weighted by molar-refractivity contribution is 9.08. The van der Waals surface area contributed by atoms with Crippen LogP contribution in [-0.2, 0) is 16.7 Å². The van der Waals surface area contributed by atoms with Gasteiger partial charge in [-0.05, 0) is 38.3 Å². The van der Waals surface area contributed by atoms with Crippen molar-refractivity contribution >= 4 is 21.8 Å². The van der Waals surface area contributed by atoms with Crippen LogP contribution in [0.15, 0.2) is 30.5 Å². The Bertz CT molecular complexity index is 743. The van der Waals surface area contributed by atoms with E-state index in [-0.39, 0.29) is 11.8 Å². The predicted molar refractivity (Wildman–Crippen MR) is 98.7 cm³/mol. The van der Waals surface area contributed by atoms with Crippen LogP contribution in [0.1, 0.15) is 36.6 Å². The third-order valence-corrected chi connectivity index (χ3v) is 4.91. The fraction of sp³-hybridized carbons (Fsp3) is 0.421. The summed E-state index contributed by atoms with van der Waals surface area (Å²) in [5.74, 6) is 1.24. The lowest BCUT2D eigenvalue weighted by Crippen LogP contribution is -2.31. The van der Waals surface area contributed by atoms with Crippen molar-refractivity contribution in [3.05, 3.63) is 47.3 Å². The van der Waals surface area contributed by atoms with Gasteiger partial charge in [0.15, 0.2) is 5.82 Å². The van der Waals surface area contributed by atoms with Gasteiger partial charge in [0, 0.05) is 36.1 Å². The molecule has 0 aliphatic heterocycles. The highest BCUT2D eigenvalue weighted by Gasteiger charge is 2.33. The summed E-state index contributed by atoms with van der Waals surface area (Å²) in [6.45, 7) is 5.45. The van der Waals surface area contributed by atoms with E-state index in [4.69, 9.17) is 0 Å².